The summed E-state index contributed by atoms with van der Waals surface area (Å²) in [7, 11) is 0. The zero-order valence-electron chi connectivity index (χ0n) is 10.6. The number of quaternary nitrogens is 1. The molecular formula is C11H16ClN5OS. The molecule has 1 aliphatic rings. The summed E-state index contributed by atoms with van der Waals surface area (Å²) in [6.45, 7) is 5.92. The van der Waals surface area contributed by atoms with Crippen molar-refractivity contribution < 1.29 is 17.3 Å². The van der Waals surface area contributed by atoms with E-state index in [1.54, 1.807) is 6.07 Å². The van der Waals surface area contributed by atoms with Crippen LogP contribution in [0.5, 0.6) is 0 Å². The Hall–Kier alpha value is -1.02. The van der Waals surface area contributed by atoms with E-state index in [0.717, 1.165) is 43.4 Å². The van der Waals surface area contributed by atoms with Gasteiger partial charge in [-0.2, -0.15) is 14.6 Å². The first-order valence-corrected chi connectivity index (χ1v) is 7.05. The molecule has 0 radical (unpaired) electrons. The number of hydrogen-bond donors (Lipinski definition) is 2. The van der Waals surface area contributed by atoms with Crippen LogP contribution in [0, 0.1) is 0 Å². The van der Waals surface area contributed by atoms with E-state index in [-0.39, 0.29) is 18.0 Å². The zero-order chi connectivity index (χ0) is 12.5. The molecule has 6 nitrogen and oxygen atoms in total. The SMILES string of the molecule is CCc1nn2c(=O)cc([NH+]3CCNCC3)nc2s1.[Cl-]. The second-order valence-corrected chi connectivity index (χ2v) is 5.42. The molecule has 104 valence electrons. The van der Waals surface area contributed by atoms with Gasteiger partial charge in [-0.1, -0.05) is 18.3 Å². The van der Waals surface area contributed by atoms with Gasteiger partial charge in [-0.15, -0.1) is 0 Å². The highest BCUT2D eigenvalue weighted by atomic mass is 35.5. The number of hydrogen-bond acceptors (Lipinski definition) is 5. The highest BCUT2D eigenvalue weighted by Crippen LogP contribution is 2.11. The lowest BCUT2D eigenvalue weighted by molar-refractivity contribution is -0.837. The fourth-order valence-electron chi connectivity index (χ4n) is 2.16. The molecule has 0 amide bonds. The number of aromatic nitrogens is 3. The van der Waals surface area contributed by atoms with Crippen molar-refractivity contribution in [3.05, 3.63) is 21.4 Å². The van der Waals surface area contributed by atoms with Gasteiger partial charge in [-0.05, 0) is 6.42 Å². The van der Waals surface area contributed by atoms with Crippen molar-refractivity contribution in [2.45, 2.75) is 13.3 Å². The van der Waals surface area contributed by atoms with Crippen LogP contribution >= 0.6 is 11.3 Å². The predicted molar refractivity (Wildman–Crippen MR) is 69.7 cm³/mol. The summed E-state index contributed by atoms with van der Waals surface area (Å²) in [5, 5.41) is 8.51. The van der Waals surface area contributed by atoms with Crippen LogP contribution in [0.2, 0.25) is 0 Å². The first kappa shape index (κ1) is 14.4. The molecule has 19 heavy (non-hydrogen) atoms. The van der Waals surface area contributed by atoms with Gasteiger partial charge in [-0.3, -0.25) is 9.69 Å². The van der Waals surface area contributed by atoms with E-state index in [0.29, 0.717) is 4.96 Å². The average Bonchev–Trinajstić information content (AvgIpc) is 2.83. The molecule has 0 saturated carbocycles. The van der Waals surface area contributed by atoms with Crippen molar-refractivity contribution in [3.8, 4) is 0 Å². The van der Waals surface area contributed by atoms with Gasteiger partial charge in [0.2, 0.25) is 10.8 Å². The van der Waals surface area contributed by atoms with Gasteiger partial charge in [0.25, 0.3) is 5.56 Å². The zero-order valence-corrected chi connectivity index (χ0v) is 12.2. The Kier molecular flexibility index (Phi) is 4.51. The first-order chi connectivity index (χ1) is 8.78. The summed E-state index contributed by atoms with van der Waals surface area (Å²) >= 11 is 1.50. The number of aryl methyl sites for hydroxylation is 1. The smallest absolute Gasteiger partial charge is 0.281 e. The number of fused-ring (bicyclic) bond motifs is 1. The molecule has 0 aliphatic carbocycles. The van der Waals surface area contributed by atoms with Crippen LogP contribution in [-0.4, -0.2) is 40.8 Å². The topological polar surface area (TPSA) is 63.7 Å². The first-order valence-electron chi connectivity index (χ1n) is 6.23. The van der Waals surface area contributed by atoms with E-state index in [2.05, 4.69) is 15.4 Å². The normalized spacial score (nSPS) is 16.5. The molecule has 1 aliphatic heterocycles. The fourth-order valence-corrected chi connectivity index (χ4v) is 3.00. The highest BCUT2D eigenvalue weighted by Gasteiger charge is 2.19. The van der Waals surface area contributed by atoms with Crippen LogP contribution in [0.15, 0.2) is 10.9 Å². The molecule has 2 aromatic heterocycles. The Morgan fingerprint density at radius 2 is 2.21 bits per heavy atom. The van der Waals surface area contributed by atoms with Crippen LogP contribution in [0.25, 0.3) is 4.96 Å². The Morgan fingerprint density at radius 1 is 1.47 bits per heavy atom. The van der Waals surface area contributed by atoms with Crippen molar-refractivity contribution in [1.82, 2.24) is 19.9 Å². The summed E-state index contributed by atoms with van der Waals surface area (Å²) in [5.41, 5.74) is -0.0722. The van der Waals surface area contributed by atoms with Gasteiger partial charge in [0, 0.05) is 13.1 Å². The summed E-state index contributed by atoms with van der Waals surface area (Å²) in [4.78, 5) is 18.6. The van der Waals surface area contributed by atoms with Crippen LogP contribution < -0.4 is 28.2 Å². The van der Waals surface area contributed by atoms with Crippen molar-refractivity contribution in [2.75, 3.05) is 26.2 Å². The lowest BCUT2D eigenvalue weighted by Crippen LogP contribution is -3.10. The second kappa shape index (κ2) is 5.96. The Morgan fingerprint density at radius 3 is 2.89 bits per heavy atom. The van der Waals surface area contributed by atoms with E-state index in [1.807, 2.05) is 6.92 Å². The van der Waals surface area contributed by atoms with Crippen molar-refractivity contribution in [2.24, 2.45) is 0 Å². The molecule has 0 atom stereocenters. The largest absolute Gasteiger partial charge is 1.00 e. The lowest BCUT2D eigenvalue weighted by Gasteiger charge is -2.22. The minimum Gasteiger partial charge on any atom is -1.00 e. The Balaban J connectivity index is 0.00000133. The van der Waals surface area contributed by atoms with Crippen molar-refractivity contribution in [3.63, 3.8) is 0 Å². The Labute approximate surface area is 120 Å². The number of piperazine rings is 1. The average molecular weight is 302 g/mol. The van der Waals surface area contributed by atoms with E-state index < -0.39 is 0 Å². The van der Waals surface area contributed by atoms with Gasteiger partial charge < -0.3 is 17.7 Å². The van der Waals surface area contributed by atoms with E-state index in [9.17, 15) is 4.79 Å². The maximum Gasteiger partial charge on any atom is 0.281 e. The van der Waals surface area contributed by atoms with Gasteiger partial charge in [0.1, 0.15) is 5.01 Å². The summed E-state index contributed by atoms with van der Waals surface area (Å²) in [6, 6.07) is 1.62. The molecule has 1 fully saturated rings. The molecular weight excluding hydrogens is 286 g/mol. The summed E-state index contributed by atoms with van der Waals surface area (Å²) < 4.78 is 1.41. The quantitative estimate of drug-likeness (QED) is 0.591. The molecule has 2 N–H and O–H groups in total. The van der Waals surface area contributed by atoms with Gasteiger partial charge in [-0.25, -0.2) is 0 Å². The molecule has 0 bridgehead atoms. The van der Waals surface area contributed by atoms with Gasteiger partial charge in [0.15, 0.2) is 0 Å². The number of rotatable bonds is 2. The van der Waals surface area contributed by atoms with E-state index >= 15 is 0 Å². The number of nitrogens with one attached hydrogen (secondary N) is 2. The molecule has 3 heterocycles. The van der Waals surface area contributed by atoms with Crippen molar-refractivity contribution in [1.29, 1.82) is 0 Å². The standard InChI is InChI=1S/C11H15N5OS.ClH/c1-2-9-14-16-10(17)7-8(13-11(16)18-9)15-5-3-12-4-6-15;/h7,12H,2-6H2,1H3;1H. The van der Waals surface area contributed by atoms with Crippen LogP contribution in [0.1, 0.15) is 11.9 Å². The third-order valence-corrected chi connectivity index (χ3v) is 4.21. The van der Waals surface area contributed by atoms with Gasteiger partial charge >= 0.3 is 0 Å². The number of nitrogens with zero attached hydrogens (tertiary/aromatic N) is 3. The molecule has 2 aromatic rings. The molecule has 1 saturated heterocycles. The molecule has 0 unspecified atom stereocenters. The lowest BCUT2D eigenvalue weighted by atomic mass is 10.3. The highest BCUT2D eigenvalue weighted by molar-refractivity contribution is 7.16. The van der Waals surface area contributed by atoms with Gasteiger partial charge in [0.05, 0.1) is 19.2 Å². The van der Waals surface area contributed by atoms with E-state index in [4.69, 9.17) is 0 Å². The molecule has 3 rings (SSSR count). The third-order valence-electron chi connectivity index (χ3n) is 3.16. The second-order valence-electron chi connectivity index (χ2n) is 4.38. The van der Waals surface area contributed by atoms with Crippen LogP contribution in [-0.2, 0) is 6.42 Å². The summed E-state index contributed by atoms with van der Waals surface area (Å²) in [6.07, 6.45) is 0.837. The molecule has 0 aromatic carbocycles. The van der Waals surface area contributed by atoms with Crippen molar-refractivity contribution >= 4 is 22.1 Å². The van der Waals surface area contributed by atoms with Crippen LogP contribution in [0.4, 0.5) is 5.82 Å². The third kappa shape index (κ3) is 2.79. The Bertz CT molecular complexity index is 619. The molecule has 0 spiro atoms. The maximum absolute atomic E-state index is 12.0. The minimum atomic E-state index is -0.0722. The monoisotopic (exact) mass is 301 g/mol. The number of halogens is 1. The van der Waals surface area contributed by atoms with E-state index in [1.165, 1.54) is 20.8 Å². The predicted octanol–water partition coefficient (Wildman–Crippen LogP) is -4.16. The molecule has 8 heteroatoms. The van der Waals surface area contributed by atoms with Crippen LogP contribution in [0.3, 0.4) is 0 Å². The summed E-state index contributed by atoms with van der Waals surface area (Å²) in [5.74, 6) is 0.854. The fraction of sp³-hybridized carbons (Fsp3) is 0.545. The minimum absolute atomic E-state index is 0. The maximum atomic E-state index is 12.0.